The van der Waals surface area contributed by atoms with Crippen molar-refractivity contribution in [2.24, 2.45) is 0 Å². The molecule has 0 heterocycles. The Morgan fingerprint density at radius 3 is 2.75 bits per heavy atom. The van der Waals surface area contributed by atoms with Crippen LogP contribution < -0.4 is 15.4 Å². The van der Waals surface area contributed by atoms with Gasteiger partial charge in [-0.1, -0.05) is 30.3 Å². The van der Waals surface area contributed by atoms with Crippen LogP contribution in [0.2, 0.25) is 0 Å². The molecule has 1 aliphatic carbocycles. The Morgan fingerprint density at radius 1 is 1.14 bits per heavy atom. The zero-order valence-corrected chi connectivity index (χ0v) is 16.2. The van der Waals surface area contributed by atoms with Crippen LogP contribution in [0.3, 0.4) is 0 Å². The maximum Gasteiger partial charge on any atom is 0.265 e. The first-order chi connectivity index (χ1) is 13.6. The molecule has 0 saturated heterocycles. The molecule has 2 amide bonds. The molecular weight excluding hydrogens is 352 g/mol. The van der Waals surface area contributed by atoms with Crippen LogP contribution >= 0.6 is 0 Å². The predicted molar refractivity (Wildman–Crippen MR) is 111 cm³/mol. The molecule has 1 aliphatic rings. The SMILES string of the molecule is C=CCNC(=O)c1ccccc1NC(=O)[C@H](C)Oc1cccc2c1CCCC2. The van der Waals surface area contributed by atoms with Crippen molar-refractivity contribution in [2.45, 2.75) is 38.7 Å². The van der Waals surface area contributed by atoms with Gasteiger partial charge in [-0.2, -0.15) is 0 Å². The average Bonchev–Trinajstić information content (AvgIpc) is 2.72. The van der Waals surface area contributed by atoms with Gasteiger partial charge < -0.3 is 15.4 Å². The van der Waals surface area contributed by atoms with E-state index in [-0.39, 0.29) is 11.8 Å². The van der Waals surface area contributed by atoms with Gasteiger partial charge in [-0.05, 0) is 61.9 Å². The number of benzene rings is 2. The molecule has 0 unspecified atom stereocenters. The van der Waals surface area contributed by atoms with E-state index in [2.05, 4.69) is 23.3 Å². The summed E-state index contributed by atoms with van der Waals surface area (Å²) in [7, 11) is 0. The molecule has 2 aromatic rings. The summed E-state index contributed by atoms with van der Waals surface area (Å²) >= 11 is 0. The highest BCUT2D eigenvalue weighted by Gasteiger charge is 2.21. The minimum atomic E-state index is -0.683. The third-order valence-corrected chi connectivity index (χ3v) is 4.86. The van der Waals surface area contributed by atoms with Crippen molar-refractivity contribution in [3.8, 4) is 5.75 Å². The summed E-state index contributed by atoms with van der Waals surface area (Å²) in [6, 6.07) is 12.9. The molecule has 0 aromatic heterocycles. The van der Waals surface area contributed by atoms with E-state index in [0.29, 0.717) is 17.8 Å². The van der Waals surface area contributed by atoms with Crippen LogP contribution in [0.4, 0.5) is 5.69 Å². The van der Waals surface area contributed by atoms with E-state index >= 15 is 0 Å². The molecule has 0 saturated carbocycles. The van der Waals surface area contributed by atoms with E-state index in [4.69, 9.17) is 4.74 Å². The highest BCUT2D eigenvalue weighted by Crippen LogP contribution is 2.30. The van der Waals surface area contributed by atoms with E-state index < -0.39 is 6.10 Å². The van der Waals surface area contributed by atoms with Crippen LogP contribution in [0, 0.1) is 0 Å². The van der Waals surface area contributed by atoms with Gasteiger partial charge in [0.25, 0.3) is 11.8 Å². The van der Waals surface area contributed by atoms with Crippen molar-refractivity contribution < 1.29 is 14.3 Å². The quantitative estimate of drug-likeness (QED) is 0.719. The average molecular weight is 378 g/mol. The largest absolute Gasteiger partial charge is 0.481 e. The van der Waals surface area contributed by atoms with Crippen molar-refractivity contribution in [2.75, 3.05) is 11.9 Å². The summed E-state index contributed by atoms with van der Waals surface area (Å²) in [6.45, 7) is 5.67. The molecule has 5 heteroatoms. The van der Waals surface area contributed by atoms with Crippen molar-refractivity contribution in [3.63, 3.8) is 0 Å². The number of aryl methyl sites for hydroxylation is 1. The van der Waals surface area contributed by atoms with E-state index in [1.807, 2.05) is 12.1 Å². The number of carbonyl (C=O) groups excluding carboxylic acids is 2. The van der Waals surface area contributed by atoms with Crippen molar-refractivity contribution in [3.05, 3.63) is 71.8 Å². The molecule has 5 nitrogen and oxygen atoms in total. The summed E-state index contributed by atoms with van der Waals surface area (Å²) < 4.78 is 5.99. The number of nitrogens with one attached hydrogen (secondary N) is 2. The normalized spacial score (nSPS) is 13.8. The smallest absolute Gasteiger partial charge is 0.265 e. The minimum Gasteiger partial charge on any atom is -0.481 e. The van der Waals surface area contributed by atoms with Crippen LogP contribution in [-0.2, 0) is 17.6 Å². The summed E-state index contributed by atoms with van der Waals surface area (Å²) in [5.41, 5.74) is 3.37. The topological polar surface area (TPSA) is 67.4 Å². The molecule has 0 aliphatic heterocycles. The first kappa shape index (κ1) is 19.7. The van der Waals surface area contributed by atoms with Gasteiger partial charge in [0.05, 0.1) is 11.3 Å². The molecule has 0 fully saturated rings. The molecule has 0 radical (unpaired) electrons. The van der Waals surface area contributed by atoms with E-state index in [1.165, 1.54) is 17.5 Å². The van der Waals surface area contributed by atoms with Crippen LogP contribution in [0.5, 0.6) is 5.75 Å². The number of hydrogen-bond acceptors (Lipinski definition) is 3. The Bertz CT molecular complexity index is 876. The van der Waals surface area contributed by atoms with E-state index in [1.54, 1.807) is 37.3 Å². The van der Waals surface area contributed by atoms with Gasteiger partial charge in [0.1, 0.15) is 5.75 Å². The number of carbonyl (C=O) groups is 2. The molecule has 1 atom stereocenters. The lowest BCUT2D eigenvalue weighted by Gasteiger charge is -2.22. The van der Waals surface area contributed by atoms with Gasteiger partial charge in [-0.3, -0.25) is 9.59 Å². The number of para-hydroxylation sites is 1. The summed E-state index contributed by atoms with van der Waals surface area (Å²) in [6.07, 6.45) is 5.29. The van der Waals surface area contributed by atoms with Crippen LogP contribution in [0.1, 0.15) is 41.3 Å². The Hall–Kier alpha value is -3.08. The lowest BCUT2D eigenvalue weighted by molar-refractivity contribution is -0.122. The van der Waals surface area contributed by atoms with Crippen molar-refractivity contribution >= 4 is 17.5 Å². The van der Waals surface area contributed by atoms with Crippen LogP contribution in [0.25, 0.3) is 0 Å². The Morgan fingerprint density at radius 2 is 1.93 bits per heavy atom. The first-order valence-corrected chi connectivity index (χ1v) is 9.66. The van der Waals surface area contributed by atoms with Crippen molar-refractivity contribution in [1.29, 1.82) is 0 Å². The maximum absolute atomic E-state index is 12.7. The zero-order chi connectivity index (χ0) is 19.9. The van der Waals surface area contributed by atoms with E-state index in [0.717, 1.165) is 25.0 Å². The minimum absolute atomic E-state index is 0.262. The van der Waals surface area contributed by atoms with Gasteiger partial charge >= 0.3 is 0 Å². The van der Waals surface area contributed by atoms with Gasteiger partial charge in [0.2, 0.25) is 0 Å². The Balaban J connectivity index is 1.70. The van der Waals surface area contributed by atoms with E-state index in [9.17, 15) is 9.59 Å². The highest BCUT2D eigenvalue weighted by atomic mass is 16.5. The van der Waals surface area contributed by atoms with Crippen molar-refractivity contribution in [1.82, 2.24) is 5.32 Å². The molecular formula is C23H26N2O3. The summed E-state index contributed by atoms with van der Waals surface area (Å²) in [5, 5.41) is 5.54. The number of ether oxygens (including phenoxy) is 1. The third kappa shape index (κ3) is 4.60. The number of rotatable bonds is 7. The molecule has 0 spiro atoms. The molecule has 0 bridgehead atoms. The number of fused-ring (bicyclic) bond motifs is 1. The fourth-order valence-electron chi connectivity index (χ4n) is 3.39. The first-order valence-electron chi connectivity index (χ1n) is 9.66. The third-order valence-electron chi connectivity index (χ3n) is 4.86. The number of hydrogen-bond donors (Lipinski definition) is 2. The van der Waals surface area contributed by atoms with Crippen LogP contribution in [0.15, 0.2) is 55.1 Å². The van der Waals surface area contributed by atoms with Gasteiger partial charge in [0.15, 0.2) is 6.10 Å². The highest BCUT2D eigenvalue weighted by molar-refractivity contribution is 6.04. The second kappa shape index (κ2) is 9.22. The lowest BCUT2D eigenvalue weighted by Crippen LogP contribution is -2.32. The summed E-state index contributed by atoms with van der Waals surface area (Å²) in [4.78, 5) is 25.0. The fourth-order valence-corrected chi connectivity index (χ4v) is 3.39. The maximum atomic E-state index is 12.7. The Labute approximate surface area is 165 Å². The standard InChI is InChI=1S/C23H26N2O3/c1-3-15-24-23(27)19-12-6-7-13-20(19)25-22(26)16(2)28-21-14-8-10-17-9-4-5-11-18(17)21/h3,6-8,10,12-14,16H,1,4-5,9,11,15H2,2H3,(H,24,27)(H,25,26)/t16-/m0/s1. The monoisotopic (exact) mass is 378 g/mol. The second-order valence-electron chi connectivity index (χ2n) is 6.89. The molecule has 146 valence electrons. The number of anilines is 1. The molecule has 3 rings (SSSR count). The molecule has 2 N–H and O–H groups in total. The Kier molecular flexibility index (Phi) is 6.48. The molecule has 28 heavy (non-hydrogen) atoms. The molecule has 2 aromatic carbocycles. The fraction of sp³-hybridized carbons (Fsp3) is 0.304. The van der Waals surface area contributed by atoms with Crippen LogP contribution in [-0.4, -0.2) is 24.5 Å². The number of amides is 2. The van der Waals surface area contributed by atoms with Gasteiger partial charge in [-0.25, -0.2) is 0 Å². The lowest BCUT2D eigenvalue weighted by atomic mass is 9.91. The predicted octanol–water partition coefficient (Wildman–Crippen LogP) is 3.89. The zero-order valence-electron chi connectivity index (χ0n) is 16.2. The second-order valence-corrected chi connectivity index (χ2v) is 6.89. The van der Waals surface area contributed by atoms with Gasteiger partial charge in [0, 0.05) is 6.54 Å². The van der Waals surface area contributed by atoms with Gasteiger partial charge in [-0.15, -0.1) is 6.58 Å². The summed E-state index contributed by atoms with van der Waals surface area (Å²) in [5.74, 6) is 0.218.